The van der Waals surface area contributed by atoms with E-state index in [1.165, 1.54) is 31.2 Å². The van der Waals surface area contributed by atoms with Crippen molar-refractivity contribution in [3.8, 4) is 0 Å². The minimum Gasteiger partial charge on any atom is -0.377 e. The highest BCUT2D eigenvalue weighted by atomic mass is 32.1. The van der Waals surface area contributed by atoms with Crippen LogP contribution in [0.3, 0.4) is 0 Å². The van der Waals surface area contributed by atoms with E-state index in [-0.39, 0.29) is 0 Å². The van der Waals surface area contributed by atoms with Crippen molar-refractivity contribution in [3.63, 3.8) is 0 Å². The van der Waals surface area contributed by atoms with E-state index in [1.807, 2.05) is 0 Å². The summed E-state index contributed by atoms with van der Waals surface area (Å²) in [5.74, 6) is 0. The summed E-state index contributed by atoms with van der Waals surface area (Å²) >= 11 is 1.80. The van der Waals surface area contributed by atoms with Gasteiger partial charge >= 0.3 is 0 Å². The average molecular weight is 280 g/mol. The summed E-state index contributed by atoms with van der Waals surface area (Å²) in [6, 6.07) is 3.06. The number of rotatable bonds is 7. The number of hydrogen-bond donors (Lipinski definition) is 1. The predicted octanol–water partition coefficient (Wildman–Crippen LogP) is 2.48. The standard InChI is InChI=1S/C15H24N2OS/c1-2-14(1)17(11-13-5-10-19-12-13)8-9-18-15-3-6-16-7-4-15/h5,10,12,14-16H,1-4,6-9,11H2. The van der Waals surface area contributed by atoms with E-state index in [4.69, 9.17) is 4.74 Å². The first kappa shape index (κ1) is 13.6. The van der Waals surface area contributed by atoms with Gasteiger partial charge in [0.1, 0.15) is 0 Å². The van der Waals surface area contributed by atoms with Crippen LogP contribution in [0, 0.1) is 0 Å². The first-order valence-corrected chi connectivity index (χ1v) is 8.43. The van der Waals surface area contributed by atoms with Crippen LogP contribution < -0.4 is 5.32 Å². The summed E-state index contributed by atoms with van der Waals surface area (Å²) in [6.45, 7) is 5.32. The molecule has 1 saturated heterocycles. The minimum atomic E-state index is 0.489. The number of thiophene rings is 1. The smallest absolute Gasteiger partial charge is 0.0600 e. The lowest BCUT2D eigenvalue weighted by atomic mass is 10.1. The van der Waals surface area contributed by atoms with Crippen molar-refractivity contribution in [3.05, 3.63) is 22.4 Å². The average Bonchev–Trinajstić information content (AvgIpc) is 3.17. The number of hydrogen-bond acceptors (Lipinski definition) is 4. The highest BCUT2D eigenvalue weighted by molar-refractivity contribution is 7.07. The Balaban J connectivity index is 1.40. The van der Waals surface area contributed by atoms with Crippen LogP contribution in [0.2, 0.25) is 0 Å². The molecule has 19 heavy (non-hydrogen) atoms. The van der Waals surface area contributed by atoms with Crippen molar-refractivity contribution < 1.29 is 4.74 Å². The Morgan fingerprint density at radius 2 is 2.11 bits per heavy atom. The molecule has 1 aliphatic heterocycles. The summed E-state index contributed by atoms with van der Waals surface area (Å²) in [5, 5.41) is 7.82. The van der Waals surface area contributed by atoms with E-state index in [9.17, 15) is 0 Å². The third-order valence-corrected chi connectivity index (χ3v) is 4.78. The molecule has 0 unspecified atom stereocenters. The summed E-state index contributed by atoms with van der Waals surface area (Å²) in [5.41, 5.74) is 1.46. The molecule has 0 spiro atoms. The first-order chi connectivity index (χ1) is 9.42. The lowest BCUT2D eigenvalue weighted by molar-refractivity contribution is 0.0179. The maximum absolute atomic E-state index is 6.03. The van der Waals surface area contributed by atoms with Crippen molar-refractivity contribution in [2.24, 2.45) is 0 Å². The van der Waals surface area contributed by atoms with E-state index in [2.05, 4.69) is 27.0 Å². The van der Waals surface area contributed by atoms with E-state index in [0.29, 0.717) is 6.10 Å². The fourth-order valence-corrected chi connectivity index (χ4v) is 3.41. The fourth-order valence-electron chi connectivity index (χ4n) is 2.75. The second kappa shape index (κ2) is 6.84. The van der Waals surface area contributed by atoms with Gasteiger partial charge in [0.15, 0.2) is 0 Å². The molecule has 3 rings (SSSR count). The van der Waals surface area contributed by atoms with Crippen LogP contribution in [0.15, 0.2) is 16.8 Å². The molecule has 0 radical (unpaired) electrons. The van der Waals surface area contributed by atoms with Gasteiger partial charge in [0, 0.05) is 19.1 Å². The SMILES string of the molecule is c1cc(CN(CCOC2CCNCC2)C2CC2)cs1. The van der Waals surface area contributed by atoms with Gasteiger partial charge in [-0.05, 0) is 61.2 Å². The quantitative estimate of drug-likeness (QED) is 0.830. The van der Waals surface area contributed by atoms with Gasteiger partial charge in [0.05, 0.1) is 12.7 Å². The molecular weight excluding hydrogens is 256 g/mol. The molecule has 1 aromatic rings. The topological polar surface area (TPSA) is 24.5 Å². The Kier molecular flexibility index (Phi) is 4.88. The molecule has 2 aliphatic rings. The Morgan fingerprint density at radius 1 is 1.26 bits per heavy atom. The number of nitrogens with one attached hydrogen (secondary N) is 1. The molecule has 3 nitrogen and oxygen atoms in total. The third kappa shape index (κ3) is 4.28. The summed E-state index contributed by atoms with van der Waals surface area (Å²) in [7, 11) is 0. The van der Waals surface area contributed by atoms with Crippen LogP contribution in [0.1, 0.15) is 31.2 Å². The summed E-state index contributed by atoms with van der Waals surface area (Å²) in [4.78, 5) is 2.60. The molecule has 0 amide bonds. The van der Waals surface area contributed by atoms with Gasteiger partial charge in [-0.15, -0.1) is 0 Å². The molecule has 1 N–H and O–H groups in total. The highest BCUT2D eigenvalue weighted by Gasteiger charge is 2.28. The molecule has 0 aromatic carbocycles. The Labute approximate surface area is 119 Å². The molecule has 2 fully saturated rings. The van der Waals surface area contributed by atoms with Gasteiger partial charge in [-0.25, -0.2) is 0 Å². The van der Waals surface area contributed by atoms with Crippen LogP contribution in [0.4, 0.5) is 0 Å². The van der Waals surface area contributed by atoms with Crippen LogP contribution >= 0.6 is 11.3 Å². The zero-order valence-electron chi connectivity index (χ0n) is 11.5. The lowest BCUT2D eigenvalue weighted by Crippen LogP contribution is -2.35. The molecule has 1 aromatic heterocycles. The van der Waals surface area contributed by atoms with Gasteiger partial charge < -0.3 is 10.1 Å². The summed E-state index contributed by atoms with van der Waals surface area (Å²) in [6.07, 6.45) is 5.58. The number of piperidine rings is 1. The van der Waals surface area contributed by atoms with E-state index >= 15 is 0 Å². The monoisotopic (exact) mass is 280 g/mol. The predicted molar refractivity (Wildman–Crippen MR) is 79.6 cm³/mol. The maximum atomic E-state index is 6.03. The molecule has 0 bridgehead atoms. The van der Waals surface area contributed by atoms with Gasteiger partial charge in [-0.1, -0.05) is 0 Å². The second-order valence-electron chi connectivity index (χ2n) is 5.65. The van der Waals surface area contributed by atoms with Gasteiger partial charge in [0.2, 0.25) is 0 Å². The van der Waals surface area contributed by atoms with Crippen molar-refractivity contribution in [1.29, 1.82) is 0 Å². The van der Waals surface area contributed by atoms with Crippen LogP contribution in [0.25, 0.3) is 0 Å². The maximum Gasteiger partial charge on any atom is 0.0600 e. The summed E-state index contributed by atoms with van der Waals surface area (Å²) < 4.78 is 6.03. The zero-order chi connectivity index (χ0) is 12.9. The van der Waals surface area contributed by atoms with Crippen LogP contribution in [-0.2, 0) is 11.3 Å². The molecule has 2 heterocycles. The Bertz CT molecular complexity index is 358. The molecule has 4 heteroatoms. The normalized spacial score (nSPS) is 21.1. The van der Waals surface area contributed by atoms with Crippen LogP contribution in [0.5, 0.6) is 0 Å². The number of nitrogens with zero attached hydrogens (tertiary/aromatic N) is 1. The van der Waals surface area contributed by atoms with Gasteiger partial charge in [-0.3, -0.25) is 4.90 Å². The van der Waals surface area contributed by atoms with Crippen molar-refractivity contribution >= 4 is 11.3 Å². The van der Waals surface area contributed by atoms with E-state index < -0.39 is 0 Å². The lowest BCUT2D eigenvalue weighted by Gasteiger charge is -2.26. The van der Waals surface area contributed by atoms with Crippen LogP contribution in [-0.4, -0.2) is 43.3 Å². The number of ether oxygens (including phenoxy) is 1. The largest absolute Gasteiger partial charge is 0.377 e. The fraction of sp³-hybridized carbons (Fsp3) is 0.733. The van der Waals surface area contributed by atoms with Gasteiger partial charge in [0.25, 0.3) is 0 Å². The zero-order valence-corrected chi connectivity index (χ0v) is 12.3. The van der Waals surface area contributed by atoms with Crippen molar-refractivity contribution in [2.75, 3.05) is 26.2 Å². The second-order valence-corrected chi connectivity index (χ2v) is 6.43. The Hall–Kier alpha value is -0.420. The molecule has 1 aliphatic carbocycles. The van der Waals surface area contributed by atoms with Gasteiger partial charge in [-0.2, -0.15) is 11.3 Å². The van der Waals surface area contributed by atoms with E-state index in [1.54, 1.807) is 11.3 Å². The highest BCUT2D eigenvalue weighted by Crippen LogP contribution is 2.28. The Morgan fingerprint density at radius 3 is 2.79 bits per heavy atom. The molecule has 106 valence electrons. The van der Waals surface area contributed by atoms with E-state index in [0.717, 1.165) is 38.8 Å². The third-order valence-electron chi connectivity index (χ3n) is 4.05. The molecule has 0 atom stereocenters. The first-order valence-electron chi connectivity index (χ1n) is 7.49. The van der Waals surface area contributed by atoms with Crippen molar-refractivity contribution in [1.82, 2.24) is 10.2 Å². The molecular formula is C15H24N2OS. The molecule has 1 saturated carbocycles. The minimum absolute atomic E-state index is 0.489. The van der Waals surface area contributed by atoms with Crippen molar-refractivity contribution in [2.45, 2.75) is 44.4 Å².